The maximum atomic E-state index is 13.6. The molecule has 4 nitrogen and oxygen atoms in total. The average molecular weight is 297 g/mol. The van der Waals surface area contributed by atoms with E-state index >= 15 is 0 Å². The minimum Gasteiger partial charge on any atom is -0.271 e. The Kier molecular flexibility index (Phi) is 3.78. The van der Waals surface area contributed by atoms with Crippen molar-refractivity contribution in [3.63, 3.8) is 0 Å². The van der Waals surface area contributed by atoms with Gasteiger partial charge in [-0.05, 0) is 34.1 Å². The number of pyridine rings is 2. The molecule has 0 fully saturated rings. The third kappa shape index (κ3) is 2.66. The number of nitrogens with two attached hydrogens (primary N) is 1. The molecule has 0 amide bonds. The maximum absolute atomic E-state index is 13.6. The molecule has 0 aliphatic rings. The number of hydrogen-bond donors (Lipinski definition) is 2. The highest BCUT2D eigenvalue weighted by atomic mass is 79.9. The van der Waals surface area contributed by atoms with Crippen LogP contribution in [-0.2, 0) is 0 Å². The van der Waals surface area contributed by atoms with Crippen LogP contribution in [0.15, 0.2) is 41.3 Å². The summed E-state index contributed by atoms with van der Waals surface area (Å²) < 4.78 is 14.5. The fourth-order valence-corrected chi connectivity index (χ4v) is 1.75. The molecule has 17 heavy (non-hydrogen) atoms. The standard InChI is InChI=1S/C11H10BrFN4/c12-7-1-2-10(16-5-7)11(17-14)8-3-4-15-6-9(8)13/h1-6,11,17H,14H2. The Morgan fingerprint density at radius 3 is 2.71 bits per heavy atom. The van der Waals surface area contributed by atoms with Crippen molar-refractivity contribution in [2.75, 3.05) is 0 Å². The number of hydrazine groups is 1. The number of nitrogens with zero attached hydrogens (tertiary/aromatic N) is 2. The van der Waals surface area contributed by atoms with E-state index in [2.05, 4.69) is 31.3 Å². The van der Waals surface area contributed by atoms with Crippen LogP contribution in [0.5, 0.6) is 0 Å². The first kappa shape index (κ1) is 12.1. The zero-order valence-corrected chi connectivity index (χ0v) is 10.4. The molecule has 6 heteroatoms. The molecule has 0 saturated heterocycles. The molecule has 0 aliphatic carbocycles. The zero-order valence-electron chi connectivity index (χ0n) is 8.77. The van der Waals surface area contributed by atoms with Crippen LogP contribution in [0.3, 0.4) is 0 Å². The fraction of sp³-hybridized carbons (Fsp3) is 0.0909. The van der Waals surface area contributed by atoms with Crippen LogP contribution >= 0.6 is 15.9 Å². The third-order valence-corrected chi connectivity index (χ3v) is 2.80. The first-order valence-corrected chi connectivity index (χ1v) is 5.68. The smallest absolute Gasteiger partial charge is 0.146 e. The molecule has 1 unspecified atom stereocenters. The van der Waals surface area contributed by atoms with Crippen LogP contribution in [0.2, 0.25) is 0 Å². The Hall–Kier alpha value is -1.37. The van der Waals surface area contributed by atoms with Crippen LogP contribution in [-0.4, -0.2) is 9.97 Å². The van der Waals surface area contributed by atoms with E-state index in [-0.39, 0.29) is 0 Å². The highest BCUT2D eigenvalue weighted by Gasteiger charge is 2.17. The van der Waals surface area contributed by atoms with Crippen LogP contribution < -0.4 is 11.3 Å². The molecule has 88 valence electrons. The monoisotopic (exact) mass is 296 g/mol. The second-order valence-corrected chi connectivity index (χ2v) is 4.31. The average Bonchev–Trinajstić information content (AvgIpc) is 2.35. The van der Waals surface area contributed by atoms with Crippen molar-refractivity contribution >= 4 is 15.9 Å². The lowest BCUT2D eigenvalue weighted by molar-refractivity contribution is 0.549. The highest BCUT2D eigenvalue weighted by Crippen LogP contribution is 2.22. The van der Waals surface area contributed by atoms with Gasteiger partial charge in [0.25, 0.3) is 0 Å². The van der Waals surface area contributed by atoms with Crippen molar-refractivity contribution in [1.82, 2.24) is 15.4 Å². The summed E-state index contributed by atoms with van der Waals surface area (Å²) in [5, 5.41) is 0. The second kappa shape index (κ2) is 5.31. The topological polar surface area (TPSA) is 63.8 Å². The van der Waals surface area contributed by atoms with Gasteiger partial charge in [0.1, 0.15) is 5.82 Å². The minimum absolute atomic E-state index is 0.414. The SMILES string of the molecule is NNC(c1ccc(Br)cn1)c1ccncc1F. The van der Waals surface area contributed by atoms with Crippen molar-refractivity contribution in [3.05, 3.63) is 58.3 Å². The van der Waals surface area contributed by atoms with Gasteiger partial charge in [0.15, 0.2) is 0 Å². The Labute approximate surface area is 106 Å². The van der Waals surface area contributed by atoms with E-state index in [1.807, 2.05) is 6.07 Å². The maximum Gasteiger partial charge on any atom is 0.146 e. The van der Waals surface area contributed by atoms with Gasteiger partial charge >= 0.3 is 0 Å². The fourth-order valence-electron chi connectivity index (χ4n) is 1.51. The van der Waals surface area contributed by atoms with Crippen LogP contribution in [0.4, 0.5) is 4.39 Å². The van der Waals surface area contributed by atoms with E-state index in [0.29, 0.717) is 11.3 Å². The number of hydrogen-bond acceptors (Lipinski definition) is 4. The lowest BCUT2D eigenvalue weighted by atomic mass is 10.0. The van der Waals surface area contributed by atoms with E-state index in [4.69, 9.17) is 5.84 Å². The van der Waals surface area contributed by atoms with E-state index in [0.717, 1.165) is 10.7 Å². The van der Waals surface area contributed by atoms with Gasteiger partial charge in [0.2, 0.25) is 0 Å². The Morgan fingerprint density at radius 1 is 1.29 bits per heavy atom. The summed E-state index contributed by atoms with van der Waals surface area (Å²) >= 11 is 3.29. The summed E-state index contributed by atoms with van der Waals surface area (Å²) in [5.74, 6) is 5.04. The lowest BCUT2D eigenvalue weighted by Gasteiger charge is -2.16. The normalized spacial score (nSPS) is 12.4. The van der Waals surface area contributed by atoms with Gasteiger partial charge in [0, 0.05) is 22.4 Å². The predicted octanol–water partition coefficient (Wildman–Crippen LogP) is 1.93. The lowest BCUT2D eigenvalue weighted by Crippen LogP contribution is -2.30. The van der Waals surface area contributed by atoms with Crippen molar-refractivity contribution < 1.29 is 4.39 Å². The number of rotatable bonds is 3. The van der Waals surface area contributed by atoms with Gasteiger partial charge in [-0.25, -0.2) is 9.82 Å². The number of aromatic nitrogens is 2. The van der Waals surface area contributed by atoms with Gasteiger partial charge in [-0.2, -0.15) is 0 Å². The van der Waals surface area contributed by atoms with Gasteiger partial charge in [0.05, 0.1) is 17.9 Å². The van der Waals surface area contributed by atoms with Crippen LogP contribution in [0.1, 0.15) is 17.3 Å². The summed E-state index contributed by atoms with van der Waals surface area (Å²) in [6.07, 6.45) is 4.30. The van der Waals surface area contributed by atoms with E-state index in [1.54, 1.807) is 18.3 Å². The molecule has 0 aromatic carbocycles. The summed E-state index contributed by atoms with van der Waals surface area (Å²) in [6.45, 7) is 0. The van der Waals surface area contributed by atoms with E-state index in [9.17, 15) is 4.39 Å². The van der Waals surface area contributed by atoms with E-state index in [1.165, 1.54) is 6.20 Å². The van der Waals surface area contributed by atoms with Gasteiger partial charge in [-0.1, -0.05) is 0 Å². The Balaban J connectivity index is 2.40. The molecule has 2 aromatic heterocycles. The number of nitrogens with one attached hydrogen (secondary N) is 1. The molecule has 0 radical (unpaired) electrons. The molecular weight excluding hydrogens is 287 g/mol. The van der Waals surface area contributed by atoms with Crippen molar-refractivity contribution in [2.45, 2.75) is 6.04 Å². The quantitative estimate of drug-likeness (QED) is 0.671. The Morgan fingerprint density at radius 2 is 2.12 bits per heavy atom. The van der Waals surface area contributed by atoms with Crippen molar-refractivity contribution in [2.24, 2.45) is 5.84 Å². The molecule has 0 aliphatic heterocycles. The van der Waals surface area contributed by atoms with Crippen molar-refractivity contribution in [3.8, 4) is 0 Å². The molecule has 2 heterocycles. The predicted molar refractivity (Wildman–Crippen MR) is 65.3 cm³/mol. The summed E-state index contributed by atoms with van der Waals surface area (Å²) in [6, 6.07) is 4.68. The zero-order chi connectivity index (χ0) is 12.3. The van der Waals surface area contributed by atoms with Gasteiger partial charge in [-0.3, -0.25) is 15.8 Å². The van der Waals surface area contributed by atoms with E-state index < -0.39 is 11.9 Å². The first-order chi connectivity index (χ1) is 8.22. The minimum atomic E-state index is -0.494. The summed E-state index contributed by atoms with van der Waals surface area (Å²) in [7, 11) is 0. The molecular formula is C11H10BrFN4. The molecule has 3 N–H and O–H groups in total. The molecule has 0 saturated carbocycles. The summed E-state index contributed by atoms with van der Waals surface area (Å²) in [5.41, 5.74) is 3.60. The molecule has 2 aromatic rings. The van der Waals surface area contributed by atoms with Gasteiger partial charge < -0.3 is 0 Å². The third-order valence-electron chi connectivity index (χ3n) is 2.33. The van der Waals surface area contributed by atoms with Crippen LogP contribution in [0, 0.1) is 5.82 Å². The largest absolute Gasteiger partial charge is 0.271 e. The van der Waals surface area contributed by atoms with Crippen LogP contribution in [0.25, 0.3) is 0 Å². The summed E-state index contributed by atoms with van der Waals surface area (Å²) in [4.78, 5) is 7.89. The van der Waals surface area contributed by atoms with Crippen molar-refractivity contribution in [1.29, 1.82) is 0 Å². The molecule has 2 rings (SSSR count). The second-order valence-electron chi connectivity index (χ2n) is 3.40. The number of halogens is 2. The Bertz CT molecular complexity index is 503. The first-order valence-electron chi connectivity index (χ1n) is 4.89. The highest BCUT2D eigenvalue weighted by molar-refractivity contribution is 9.10. The molecule has 0 spiro atoms. The molecule has 1 atom stereocenters. The molecule has 0 bridgehead atoms. The van der Waals surface area contributed by atoms with Gasteiger partial charge in [-0.15, -0.1) is 0 Å².